The van der Waals surface area contributed by atoms with Crippen LogP contribution in [-0.4, -0.2) is 11.5 Å². The standard InChI is InChI=1S/C17H13NO2/c19-11-18-16-10-4-9-15(17(16)20)14-8-3-6-12-5-1-2-7-13(12)14/h1-11,20H,(H,18,19). The number of hydrogen-bond donors (Lipinski definition) is 2. The van der Waals surface area contributed by atoms with Crippen LogP contribution in [-0.2, 0) is 4.79 Å². The lowest BCUT2D eigenvalue weighted by atomic mass is 9.97. The van der Waals surface area contributed by atoms with Crippen molar-refractivity contribution in [2.45, 2.75) is 0 Å². The van der Waals surface area contributed by atoms with Gasteiger partial charge in [-0.2, -0.15) is 0 Å². The van der Waals surface area contributed by atoms with Crippen LogP contribution in [0.15, 0.2) is 60.7 Å². The van der Waals surface area contributed by atoms with Gasteiger partial charge >= 0.3 is 0 Å². The van der Waals surface area contributed by atoms with Crippen molar-refractivity contribution in [3.63, 3.8) is 0 Å². The van der Waals surface area contributed by atoms with Gasteiger partial charge in [0.25, 0.3) is 0 Å². The molecule has 0 aliphatic rings. The SMILES string of the molecule is O=CNc1cccc(-c2cccc3ccccc23)c1O. The Morgan fingerprint density at radius 1 is 0.850 bits per heavy atom. The highest BCUT2D eigenvalue weighted by atomic mass is 16.3. The number of carbonyl (C=O) groups is 1. The smallest absolute Gasteiger partial charge is 0.211 e. The zero-order valence-electron chi connectivity index (χ0n) is 10.7. The molecule has 3 aromatic carbocycles. The number of phenolic OH excluding ortho intramolecular Hbond substituents is 1. The maximum atomic E-state index is 10.6. The van der Waals surface area contributed by atoms with Gasteiger partial charge in [-0.15, -0.1) is 0 Å². The third kappa shape index (κ3) is 1.99. The van der Waals surface area contributed by atoms with Crippen LogP contribution >= 0.6 is 0 Å². The number of amides is 1. The summed E-state index contributed by atoms with van der Waals surface area (Å²) in [5.74, 6) is 0.0796. The van der Waals surface area contributed by atoms with Crippen molar-refractivity contribution in [2.24, 2.45) is 0 Å². The van der Waals surface area contributed by atoms with Crippen molar-refractivity contribution >= 4 is 22.9 Å². The Bertz CT molecular complexity index is 776. The van der Waals surface area contributed by atoms with Crippen LogP contribution in [0.1, 0.15) is 0 Å². The molecule has 1 amide bonds. The average molecular weight is 263 g/mol. The summed E-state index contributed by atoms with van der Waals surface area (Å²) in [4.78, 5) is 10.6. The fraction of sp³-hybridized carbons (Fsp3) is 0. The van der Waals surface area contributed by atoms with Crippen molar-refractivity contribution in [3.8, 4) is 16.9 Å². The highest BCUT2D eigenvalue weighted by molar-refractivity contribution is 5.99. The Kier molecular flexibility index (Phi) is 3.09. The van der Waals surface area contributed by atoms with Gasteiger partial charge in [-0.05, 0) is 22.4 Å². The molecule has 0 bridgehead atoms. The van der Waals surface area contributed by atoms with Gasteiger partial charge in [0.2, 0.25) is 6.41 Å². The molecule has 3 rings (SSSR count). The van der Waals surface area contributed by atoms with Gasteiger partial charge in [0.15, 0.2) is 0 Å². The van der Waals surface area contributed by atoms with Crippen molar-refractivity contribution in [1.29, 1.82) is 0 Å². The predicted octanol–water partition coefficient (Wildman–Crippen LogP) is 3.78. The molecule has 98 valence electrons. The Balaban J connectivity index is 2.26. The fourth-order valence-corrected chi connectivity index (χ4v) is 2.40. The minimum atomic E-state index is 0.0796. The number of anilines is 1. The first-order valence-corrected chi connectivity index (χ1v) is 6.31. The van der Waals surface area contributed by atoms with E-state index in [9.17, 15) is 9.90 Å². The quantitative estimate of drug-likeness (QED) is 0.558. The highest BCUT2D eigenvalue weighted by Crippen LogP contribution is 2.38. The van der Waals surface area contributed by atoms with E-state index < -0.39 is 0 Å². The predicted molar refractivity (Wildman–Crippen MR) is 80.7 cm³/mol. The van der Waals surface area contributed by atoms with Crippen LogP contribution in [0.3, 0.4) is 0 Å². The molecule has 3 heteroatoms. The number of hydrogen-bond acceptors (Lipinski definition) is 2. The first-order valence-electron chi connectivity index (χ1n) is 6.31. The number of nitrogens with one attached hydrogen (secondary N) is 1. The Labute approximate surface area is 116 Å². The van der Waals surface area contributed by atoms with E-state index in [2.05, 4.69) is 5.32 Å². The van der Waals surface area contributed by atoms with Crippen molar-refractivity contribution in [2.75, 3.05) is 5.32 Å². The Morgan fingerprint density at radius 3 is 2.40 bits per heavy atom. The lowest BCUT2D eigenvalue weighted by Crippen LogP contribution is -1.94. The maximum Gasteiger partial charge on any atom is 0.211 e. The zero-order valence-corrected chi connectivity index (χ0v) is 10.7. The van der Waals surface area contributed by atoms with Gasteiger partial charge in [-0.3, -0.25) is 4.79 Å². The summed E-state index contributed by atoms with van der Waals surface area (Å²) in [6.45, 7) is 0. The van der Waals surface area contributed by atoms with Crippen LogP contribution in [0.25, 0.3) is 21.9 Å². The molecule has 0 saturated heterocycles. The Morgan fingerprint density at radius 2 is 1.55 bits per heavy atom. The molecule has 0 fully saturated rings. The van der Waals surface area contributed by atoms with Crippen molar-refractivity contribution < 1.29 is 9.90 Å². The van der Waals surface area contributed by atoms with Crippen molar-refractivity contribution in [3.05, 3.63) is 60.7 Å². The second-order valence-electron chi connectivity index (χ2n) is 4.49. The maximum absolute atomic E-state index is 10.6. The van der Waals surface area contributed by atoms with Gasteiger partial charge < -0.3 is 10.4 Å². The van der Waals surface area contributed by atoms with Crippen LogP contribution < -0.4 is 5.32 Å². The summed E-state index contributed by atoms with van der Waals surface area (Å²) >= 11 is 0. The lowest BCUT2D eigenvalue weighted by Gasteiger charge is -2.11. The summed E-state index contributed by atoms with van der Waals surface area (Å²) in [5, 5.41) is 15.0. The fourth-order valence-electron chi connectivity index (χ4n) is 2.40. The van der Waals surface area contributed by atoms with Gasteiger partial charge in [0.05, 0.1) is 5.69 Å². The molecule has 0 spiro atoms. The molecule has 0 aliphatic carbocycles. The van der Waals surface area contributed by atoms with Crippen LogP contribution in [0.4, 0.5) is 5.69 Å². The minimum Gasteiger partial charge on any atom is -0.505 e. The van der Waals surface area contributed by atoms with Gasteiger partial charge in [-0.25, -0.2) is 0 Å². The van der Waals surface area contributed by atoms with Gasteiger partial charge in [0.1, 0.15) is 5.75 Å². The number of benzene rings is 3. The van der Waals surface area contributed by atoms with Crippen LogP contribution in [0, 0.1) is 0 Å². The number of fused-ring (bicyclic) bond motifs is 1. The summed E-state index contributed by atoms with van der Waals surface area (Å²) in [5.41, 5.74) is 2.05. The van der Waals surface area contributed by atoms with E-state index in [1.807, 2.05) is 54.6 Å². The third-order valence-corrected chi connectivity index (χ3v) is 3.33. The topological polar surface area (TPSA) is 49.3 Å². The van der Waals surface area contributed by atoms with Crippen LogP contribution in [0.5, 0.6) is 5.75 Å². The molecular formula is C17H13NO2. The van der Waals surface area contributed by atoms with E-state index in [-0.39, 0.29) is 5.75 Å². The molecule has 0 aliphatic heterocycles. The van der Waals surface area contributed by atoms with Crippen LogP contribution in [0.2, 0.25) is 0 Å². The summed E-state index contributed by atoms with van der Waals surface area (Å²) in [6.07, 6.45) is 0.557. The number of aromatic hydroxyl groups is 1. The first kappa shape index (κ1) is 12.2. The minimum absolute atomic E-state index is 0.0796. The van der Waals surface area contributed by atoms with E-state index in [0.29, 0.717) is 17.7 Å². The normalized spacial score (nSPS) is 10.4. The zero-order chi connectivity index (χ0) is 13.9. The average Bonchev–Trinajstić information content (AvgIpc) is 2.49. The summed E-state index contributed by atoms with van der Waals surface area (Å²) < 4.78 is 0. The summed E-state index contributed by atoms with van der Waals surface area (Å²) in [6, 6.07) is 19.3. The van der Waals surface area contributed by atoms with E-state index in [4.69, 9.17) is 0 Å². The second-order valence-corrected chi connectivity index (χ2v) is 4.49. The van der Waals surface area contributed by atoms with Crippen molar-refractivity contribution in [1.82, 2.24) is 0 Å². The monoisotopic (exact) mass is 263 g/mol. The molecule has 0 radical (unpaired) electrons. The molecule has 0 aromatic heterocycles. The molecular weight excluding hydrogens is 250 g/mol. The molecule has 0 saturated carbocycles. The number of para-hydroxylation sites is 1. The second kappa shape index (κ2) is 5.05. The number of phenols is 1. The molecule has 2 N–H and O–H groups in total. The largest absolute Gasteiger partial charge is 0.505 e. The third-order valence-electron chi connectivity index (χ3n) is 3.33. The van der Waals surface area contributed by atoms with Gasteiger partial charge in [-0.1, -0.05) is 54.6 Å². The van der Waals surface area contributed by atoms with E-state index >= 15 is 0 Å². The number of carbonyl (C=O) groups excluding carboxylic acids is 1. The molecule has 3 aromatic rings. The van der Waals surface area contributed by atoms with E-state index in [1.165, 1.54) is 0 Å². The first-order chi connectivity index (χ1) is 9.81. The molecule has 0 atom stereocenters. The highest BCUT2D eigenvalue weighted by Gasteiger charge is 2.10. The molecule has 20 heavy (non-hydrogen) atoms. The molecule has 0 heterocycles. The molecule has 3 nitrogen and oxygen atoms in total. The lowest BCUT2D eigenvalue weighted by molar-refractivity contribution is -0.105. The van der Waals surface area contributed by atoms with Gasteiger partial charge in [0, 0.05) is 5.56 Å². The Hall–Kier alpha value is -2.81. The van der Waals surface area contributed by atoms with E-state index in [1.54, 1.807) is 6.07 Å². The summed E-state index contributed by atoms with van der Waals surface area (Å²) in [7, 11) is 0. The van der Waals surface area contributed by atoms with E-state index in [0.717, 1.165) is 16.3 Å². The number of rotatable bonds is 3. The molecule has 0 unspecified atom stereocenters.